The van der Waals surface area contributed by atoms with Crippen molar-refractivity contribution in [3.8, 4) is 17.2 Å². The molecule has 0 aliphatic carbocycles. The molecule has 0 fully saturated rings. The molecule has 0 atom stereocenters. The van der Waals surface area contributed by atoms with Gasteiger partial charge in [-0.25, -0.2) is 0 Å². The highest BCUT2D eigenvalue weighted by Gasteiger charge is 2.23. The maximum atomic E-state index is 11.4. The minimum Gasteiger partial charge on any atom is -0.490 e. The van der Waals surface area contributed by atoms with E-state index >= 15 is 0 Å². The average Bonchev–Trinajstić information content (AvgIpc) is 2.75. The second-order valence-corrected chi connectivity index (χ2v) is 6.98. The van der Waals surface area contributed by atoms with E-state index in [4.69, 9.17) is 9.47 Å². The lowest BCUT2D eigenvalue weighted by molar-refractivity contribution is -0.394. The highest BCUT2D eigenvalue weighted by molar-refractivity contribution is 9.10. The molecule has 0 unspecified atom stereocenters. The summed E-state index contributed by atoms with van der Waals surface area (Å²) in [5.74, 6) is 0.387. The number of non-ortho nitro benzene ring substituents is 1. The Morgan fingerprint density at radius 3 is 2.39 bits per heavy atom. The molecule has 3 rings (SSSR count). The third-order valence-corrected chi connectivity index (χ3v) is 4.60. The first-order valence-electron chi connectivity index (χ1n) is 9.05. The Morgan fingerprint density at radius 2 is 1.74 bits per heavy atom. The molecule has 0 bridgehead atoms. The minimum absolute atomic E-state index is 0.150. The van der Waals surface area contributed by atoms with Crippen LogP contribution >= 0.6 is 15.9 Å². The van der Waals surface area contributed by atoms with Crippen molar-refractivity contribution in [2.75, 3.05) is 6.61 Å². The summed E-state index contributed by atoms with van der Waals surface area (Å²) in [7, 11) is 0. The molecule has 31 heavy (non-hydrogen) atoms. The zero-order chi connectivity index (χ0) is 22.4. The number of ether oxygens (including phenoxy) is 2. The van der Waals surface area contributed by atoms with Gasteiger partial charge >= 0.3 is 5.69 Å². The molecule has 9 nitrogen and oxygen atoms in total. The summed E-state index contributed by atoms with van der Waals surface area (Å²) in [6.45, 7) is 2.11. The van der Waals surface area contributed by atoms with Gasteiger partial charge in [-0.3, -0.25) is 25.2 Å². The quantitative estimate of drug-likeness (QED) is 0.212. The van der Waals surface area contributed by atoms with E-state index in [1.54, 1.807) is 25.3 Å². The van der Waals surface area contributed by atoms with Crippen molar-refractivity contribution in [3.63, 3.8) is 0 Å². The molecule has 10 heteroatoms. The number of rotatable bonds is 8. The zero-order valence-electron chi connectivity index (χ0n) is 16.2. The van der Waals surface area contributed by atoms with Crippen LogP contribution in [-0.2, 0) is 0 Å². The summed E-state index contributed by atoms with van der Waals surface area (Å²) in [4.78, 5) is 25.3. The summed E-state index contributed by atoms with van der Waals surface area (Å²) in [5.41, 5.74) is 0.553. The lowest BCUT2D eigenvalue weighted by Gasteiger charge is -2.14. The molecule has 0 heterocycles. The SMILES string of the molecule is CCOc1cc(C=Nc2ccccc2)cc(Br)c1Oc1ccc([N+](=O)[O-])cc1[N+](=O)[O-]. The number of nitro benzene ring substituents is 2. The Labute approximate surface area is 185 Å². The fraction of sp³-hybridized carbons (Fsp3) is 0.0952. The van der Waals surface area contributed by atoms with Crippen molar-refractivity contribution in [3.05, 3.63) is 90.9 Å². The van der Waals surface area contributed by atoms with E-state index in [2.05, 4.69) is 20.9 Å². The van der Waals surface area contributed by atoms with Gasteiger partial charge in [-0.15, -0.1) is 0 Å². The Hall–Kier alpha value is -3.79. The normalized spacial score (nSPS) is 10.8. The van der Waals surface area contributed by atoms with Crippen LogP contribution in [0.1, 0.15) is 12.5 Å². The Morgan fingerprint density at radius 1 is 1.00 bits per heavy atom. The van der Waals surface area contributed by atoms with Crippen LogP contribution in [0.25, 0.3) is 0 Å². The largest absolute Gasteiger partial charge is 0.490 e. The van der Waals surface area contributed by atoms with Gasteiger partial charge in [0.15, 0.2) is 11.5 Å². The molecule has 0 amide bonds. The summed E-state index contributed by atoms with van der Waals surface area (Å²) >= 11 is 3.41. The van der Waals surface area contributed by atoms with Crippen molar-refractivity contribution in [2.24, 2.45) is 4.99 Å². The van der Waals surface area contributed by atoms with E-state index < -0.39 is 21.2 Å². The first-order valence-corrected chi connectivity index (χ1v) is 9.84. The molecule has 0 radical (unpaired) electrons. The molecule has 0 spiro atoms. The summed E-state index contributed by atoms with van der Waals surface area (Å²) in [6.07, 6.45) is 1.65. The molecule has 0 N–H and O–H groups in total. The van der Waals surface area contributed by atoms with Gasteiger partial charge in [0, 0.05) is 12.3 Å². The molecule has 0 aliphatic heterocycles. The maximum Gasteiger partial charge on any atom is 0.318 e. The molecule has 3 aromatic rings. The minimum atomic E-state index is -0.739. The van der Waals surface area contributed by atoms with E-state index in [1.165, 1.54) is 6.07 Å². The Bertz CT molecular complexity index is 1150. The van der Waals surface area contributed by atoms with Crippen LogP contribution in [0.5, 0.6) is 17.2 Å². The highest BCUT2D eigenvalue weighted by Crippen LogP contribution is 2.42. The second-order valence-electron chi connectivity index (χ2n) is 6.13. The highest BCUT2D eigenvalue weighted by atomic mass is 79.9. The molecule has 158 valence electrons. The van der Waals surface area contributed by atoms with Gasteiger partial charge in [-0.1, -0.05) is 18.2 Å². The first-order chi connectivity index (χ1) is 14.9. The van der Waals surface area contributed by atoms with E-state index in [0.29, 0.717) is 22.4 Å². The molecular weight excluding hydrogens is 470 g/mol. The van der Waals surface area contributed by atoms with Crippen molar-refractivity contribution >= 4 is 39.2 Å². The van der Waals surface area contributed by atoms with Crippen LogP contribution in [0.3, 0.4) is 0 Å². The monoisotopic (exact) mass is 485 g/mol. The van der Waals surface area contributed by atoms with E-state index in [-0.39, 0.29) is 11.5 Å². The summed E-state index contributed by atoms with van der Waals surface area (Å²) < 4.78 is 11.9. The fourth-order valence-electron chi connectivity index (χ4n) is 2.65. The van der Waals surface area contributed by atoms with Crippen LogP contribution in [0, 0.1) is 20.2 Å². The zero-order valence-corrected chi connectivity index (χ0v) is 17.8. The van der Waals surface area contributed by atoms with Gasteiger partial charge in [0.05, 0.1) is 32.7 Å². The average molecular weight is 486 g/mol. The number of hydrogen-bond donors (Lipinski definition) is 0. The number of hydrogen-bond acceptors (Lipinski definition) is 7. The second kappa shape index (κ2) is 9.81. The Kier molecular flexibility index (Phi) is 6.93. The smallest absolute Gasteiger partial charge is 0.318 e. The number of aliphatic imine (C=N–C) groups is 1. The molecule has 0 saturated carbocycles. The van der Waals surface area contributed by atoms with Gasteiger partial charge in [-0.05, 0) is 58.7 Å². The van der Waals surface area contributed by atoms with Gasteiger partial charge in [0.1, 0.15) is 0 Å². The Balaban J connectivity index is 1.99. The van der Waals surface area contributed by atoms with Gasteiger partial charge in [0.25, 0.3) is 5.69 Å². The summed E-state index contributed by atoms with van der Waals surface area (Å²) in [5, 5.41) is 22.3. The van der Waals surface area contributed by atoms with Gasteiger partial charge in [-0.2, -0.15) is 0 Å². The van der Waals surface area contributed by atoms with E-state index in [0.717, 1.165) is 17.8 Å². The number of nitrogens with zero attached hydrogens (tertiary/aromatic N) is 3. The number of halogens is 1. The van der Waals surface area contributed by atoms with Gasteiger partial charge < -0.3 is 9.47 Å². The standard InChI is InChI=1S/C21H16BrN3O6/c1-2-30-20-11-14(13-23-15-6-4-3-5-7-15)10-17(22)21(20)31-19-9-8-16(24(26)27)12-18(19)25(28)29/h3-13H,2H2,1H3. The lowest BCUT2D eigenvalue weighted by atomic mass is 10.2. The first kappa shape index (κ1) is 21.9. The molecule has 0 aliphatic rings. The number of benzene rings is 3. The van der Waals surface area contributed by atoms with E-state index in [9.17, 15) is 20.2 Å². The van der Waals surface area contributed by atoms with E-state index in [1.807, 2.05) is 30.3 Å². The molecule has 0 saturated heterocycles. The lowest BCUT2D eigenvalue weighted by Crippen LogP contribution is -2.00. The molecule has 0 aromatic heterocycles. The number of para-hydroxylation sites is 1. The predicted octanol–water partition coefficient (Wildman–Crippen LogP) is 6.21. The van der Waals surface area contributed by atoms with Gasteiger partial charge in [0.2, 0.25) is 5.75 Å². The van der Waals surface area contributed by atoms with Crippen LogP contribution < -0.4 is 9.47 Å². The van der Waals surface area contributed by atoms with Crippen molar-refractivity contribution in [2.45, 2.75) is 6.92 Å². The van der Waals surface area contributed by atoms with Crippen LogP contribution in [0.4, 0.5) is 17.1 Å². The van der Waals surface area contributed by atoms with Crippen LogP contribution in [0.15, 0.2) is 70.1 Å². The third-order valence-electron chi connectivity index (χ3n) is 4.01. The maximum absolute atomic E-state index is 11.4. The number of nitro groups is 2. The predicted molar refractivity (Wildman–Crippen MR) is 119 cm³/mol. The van der Waals surface area contributed by atoms with Crippen molar-refractivity contribution < 1.29 is 19.3 Å². The van der Waals surface area contributed by atoms with Crippen LogP contribution in [-0.4, -0.2) is 22.7 Å². The van der Waals surface area contributed by atoms with Crippen LogP contribution in [0.2, 0.25) is 0 Å². The third kappa shape index (κ3) is 5.43. The van der Waals surface area contributed by atoms with Crippen molar-refractivity contribution in [1.82, 2.24) is 0 Å². The molecule has 3 aromatic carbocycles. The summed E-state index contributed by atoms with van der Waals surface area (Å²) in [6, 6.07) is 16.0. The molecular formula is C21H16BrN3O6. The fourth-order valence-corrected chi connectivity index (χ4v) is 3.19. The van der Waals surface area contributed by atoms with Crippen molar-refractivity contribution in [1.29, 1.82) is 0 Å². The topological polar surface area (TPSA) is 117 Å².